The molecule has 0 saturated heterocycles. The highest BCUT2D eigenvalue weighted by molar-refractivity contribution is 7.08. The second-order valence-corrected chi connectivity index (χ2v) is 4.39. The molecular formula is C12H14N2S. The fraction of sp³-hybridized carbons (Fsp3) is 0.250. The first-order chi connectivity index (χ1) is 7.27. The van der Waals surface area contributed by atoms with E-state index in [1.54, 1.807) is 11.3 Å². The Labute approximate surface area is 93.8 Å². The molecule has 2 aromatic heterocycles. The summed E-state index contributed by atoms with van der Waals surface area (Å²) in [6.45, 7) is 2.10. The summed E-state index contributed by atoms with van der Waals surface area (Å²) in [7, 11) is 0. The normalized spacial score (nSPS) is 12.7. The largest absolute Gasteiger partial charge is 0.324 e. The number of hydrogen-bond donors (Lipinski definition) is 1. The molecular weight excluding hydrogens is 204 g/mol. The van der Waals surface area contributed by atoms with Gasteiger partial charge >= 0.3 is 0 Å². The average molecular weight is 218 g/mol. The zero-order valence-electron chi connectivity index (χ0n) is 8.68. The SMILES string of the molecule is Cc1cscc1C(N)Cc1ccccn1. The molecule has 1 unspecified atom stereocenters. The van der Waals surface area contributed by atoms with Crippen LogP contribution in [0.5, 0.6) is 0 Å². The lowest BCUT2D eigenvalue weighted by atomic mass is 10.0. The van der Waals surface area contributed by atoms with Crippen molar-refractivity contribution in [3.8, 4) is 0 Å². The van der Waals surface area contributed by atoms with Crippen LogP contribution in [0.15, 0.2) is 35.2 Å². The van der Waals surface area contributed by atoms with Crippen molar-refractivity contribution in [2.75, 3.05) is 0 Å². The molecule has 1 atom stereocenters. The van der Waals surface area contributed by atoms with Crippen LogP contribution in [0.3, 0.4) is 0 Å². The Kier molecular flexibility index (Phi) is 3.14. The van der Waals surface area contributed by atoms with Crippen LogP contribution in [-0.4, -0.2) is 4.98 Å². The van der Waals surface area contributed by atoms with Crippen molar-refractivity contribution < 1.29 is 0 Å². The van der Waals surface area contributed by atoms with E-state index >= 15 is 0 Å². The molecule has 2 rings (SSSR count). The first-order valence-corrected chi connectivity index (χ1v) is 5.90. The number of aryl methyl sites for hydroxylation is 1. The molecule has 2 heterocycles. The van der Waals surface area contributed by atoms with Gasteiger partial charge in [-0.1, -0.05) is 6.07 Å². The molecule has 0 radical (unpaired) electrons. The van der Waals surface area contributed by atoms with Gasteiger partial charge in [0.2, 0.25) is 0 Å². The third kappa shape index (κ3) is 2.43. The number of thiophene rings is 1. The monoisotopic (exact) mass is 218 g/mol. The van der Waals surface area contributed by atoms with Crippen molar-refractivity contribution in [2.24, 2.45) is 5.73 Å². The number of pyridine rings is 1. The molecule has 0 aromatic carbocycles. The smallest absolute Gasteiger partial charge is 0.0422 e. The van der Waals surface area contributed by atoms with E-state index in [0.29, 0.717) is 0 Å². The van der Waals surface area contributed by atoms with Crippen LogP contribution < -0.4 is 5.73 Å². The molecule has 0 amide bonds. The predicted octanol–water partition coefficient (Wildman–Crippen LogP) is 2.69. The van der Waals surface area contributed by atoms with Crippen molar-refractivity contribution in [2.45, 2.75) is 19.4 Å². The van der Waals surface area contributed by atoms with Crippen molar-refractivity contribution in [1.29, 1.82) is 0 Å². The van der Waals surface area contributed by atoms with Gasteiger partial charge in [0.25, 0.3) is 0 Å². The maximum absolute atomic E-state index is 6.14. The molecule has 15 heavy (non-hydrogen) atoms. The molecule has 0 bridgehead atoms. The Balaban J connectivity index is 2.11. The van der Waals surface area contributed by atoms with E-state index in [2.05, 4.69) is 22.7 Å². The molecule has 0 aliphatic rings. The van der Waals surface area contributed by atoms with Gasteiger partial charge in [-0.15, -0.1) is 0 Å². The van der Waals surface area contributed by atoms with Crippen LogP contribution >= 0.6 is 11.3 Å². The number of nitrogens with zero attached hydrogens (tertiary/aromatic N) is 1. The highest BCUT2D eigenvalue weighted by atomic mass is 32.1. The summed E-state index contributed by atoms with van der Waals surface area (Å²) in [5.74, 6) is 0. The Morgan fingerprint density at radius 1 is 1.40 bits per heavy atom. The van der Waals surface area contributed by atoms with E-state index in [-0.39, 0.29) is 6.04 Å². The van der Waals surface area contributed by atoms with Crippen LogP contribution in [0.25, 0.3) is 0 Å². The minimum absolute atomic E-state index is 0.0612. The number of aromatic nitrogens is 1. The molecule has 2 nitrogen and oxygen atoms in total. The van der Waals surface area contributed by atoms with Gasteiger partial charge in [0, 0.05) is 24.4 Å². The fourth-order valence-electron chi connectivity index (χ4n) is 1.60. The highest BCUT2D eigenvalue weighted by Crippen LogP contribution is 2.22. The van der Waals surface area contributed by atoms with E-state index in [1.807, 2.05) is 24.4 Å². The highest BCUT2D eigenvalue weighted by Gasteiger charge is 2.10. The second-order valence-electron chi connectivity index (χ2n) is 3.64. The lowest BCUT2D eigenvalue weighted by Crippen LogP contribution is -2.14. The van der Waals surface area contributed by atoms with E-state index in [0.717, 1.165) is 12.1 Å². The van der Waals surface area contributed by atoms with Crippen molar-refractivity contribution in [1.82, 2.24) is 4.98 Å². The summed E-state index contributed by atoms with van der Waals surface area (Å²) >= 11 is 1.70. The van der Waals surface area contributed by atoms with E-state index in [4.69, 9.17) is 5.73 Å². The Morgan fingerprint density at radius 3 is 2.87 bits per heavy atom. The van der Waals surface area contributed by atoms with Crippen molar-refractivity contribution in [3.05, 3.63) is 52.0 Å². The van der Waals surface area contributed by atoms with E-state index in [1.165, 1.54) is 11.1 Å². The molecule has 0 aliphatic heterocycles. The molecule has 78 valence electrons. The Bertz CT molecular complexity index is 422. The van der Waals surface area contributed by atoms with Gasteiger partial charge in [0.1, 0.15) is 0 Å². The van der Waals surface area contributed by atoms with Crippen molar-refractivity contribution >= 4 is 11.3 Å². The molecule has 3 heteroatoms. The summed E-state index contributed by atoms with van der Waals surface area (Å²) in [5, 5.41) is 4.26. The maximum atomic E-state index is 6.14. The number of hydrogen-bond acceptors (Lipinski definition) is 3. The van der Waals surface area contributed by atoms with E-state index < -0.39 is 0 Å². The minimum atomic E-state index is 0.0612. The van der Waals surface area contributed by atoms with Crippen LogP contribution in [0, 0.1) is 6.92 Å². The van der Waals surface area contributed by atoms with Gasteiger partial charge in [-0.05, 0) is 40.9 Å². The lowest BCUT2D eigenvalue weighted by molar-refractivity contribution is 0.705. The topological polar surface area (TPSA) is 38.9 Å². The standard InChI is InChI=1S/C12H14N2S/c1-9-7-15-8-11(9)12(13)6-10-4-2-3-5-14-10/h2-5,7-8,12H,6,13H2,1H3. The van der Waals surface area contributed by atoms with Gasteiger partial charge in [0.15, 0.2) is 0 Å². The lowest BCUT2D eigenvalue weighted by Gasteiger charge is -2.10. The van der Waals surface area contributed by atoms with Crippen molar-refractivity contribution in [3.63, 3.8) is 0 Å². The van der Waals surface area contributed by atoms with Gasteiger partial charge in [0.05, 0.1) is 0 Å². The third-order valence-corrected chi connectivity index (χ3v) is 3.33. The number of rotatable bonds is 3. The molecule has 0 fully saturated rings. The zero-order chi connectivity index (χ0) is 10.7. The van der Waals surface area contributed by atoms with Gasteiger partial charge in [-0.25, -0.2) is 0 Å². The molecule has 0 spiro atoms. The van der Waals surface area contributed by atoms with Gasteiger partial charge in [-0.3, -0.25) is 4.98 Å². The summed E-state index contributed by atoms with van der Waals surface area (Å²) in [4.78, 5) is 4.28. The summed E-state index contributed by atoms with van der Waals surface area (Å²) in [6, 6.07) is 5.99. The summed E-state index contributed by atoms with van der Waals surface area (Å²) in [6.07, 6.45) is 2.61. The van der Waals surface area contributed by atoms with Crippen LogP contribution in [-0.2, 0) is 6.42 Å². The summed E-state index contributed by atoms with van der Waals surface area (Å²) in [5.41, 5.74) is 9.71. The fourth-order valence-corrected chi connectivity index (χ4v) is 2.52. The van der Waals surface area contributed by atoms with Crippen LogP contribution in [0.4, 0.5) is 0 Å². The minimum Gasteiger partial charge on any atom is -0.324 e. The summed E-state index contributed by atoms with van der Waals surface area (Å²) < 4.78 is 0. The molecule has 2 N–H and O–H groups in total. The Morgan fingerprint density at radius 2 is 2.27 bits per heavy atom. The van der Waals surface area contributed by atoms with Gasteiger partial charge < -0.3 is 5.73 Å². The predicted molar refractivity (Wildman–Crippen MR) is 63.9 cm³/mol. The average Bonchev–Trinajstić information content (AvgIpc) is 2.66. The first kappa shape index (κ1) is 10.3. The molecule has 0 saturated carbocycles. The van der Waals surface area contributed by atoms with Crippen LogP contribution in [0.1, 0.15) is 22.9 Å². The van der Waals surface area contributed by atoms with Crippen LogP contribution in [0.2, 0.25) is 0 Å². The molecule has 2 aromatic rings. The first-order valence-electron chi connectivity index (χ1n) is 4.95. The van der Waals surface area contributed by atoms with E-state index in [9.17, 15) is 0 Å². The maximum Gasteiger partial charge on any atom is 0.0422 e. The van der Waals surface area contributed by atoms with Gasteiger partial charge in [-0.2, -0.15) is 11.3 Å². The third-order valence-electron chi connectivity index (χ3n) is 2.45. The second kappa shape index (κ2) is 4.55. The molecule has 0 aliphatic carbocycles. The Hall–Kier alpha value is -1.19. The number of nitrogens with two attached hydrogens (primary N) is 1. The zero-order valence-corrected chi connectivity index (χ0v) is 9.50. The quantitative estimate of drug-likeness (QED) is 0.860.